The van der Waals surface area contributed by atoms with Gasteiger partial charge in [0.05, 0.1) is 0 Å². The van der Waals surface area contributed by atoms with Gasteiger partial charge < -0.3 is 9.88 Å². The monoisotopic (exact) mass is 267 g/mol. The highest BCUT2D eigenvalue weighted by atomic mass is 32.2. The normalized spacial score (nSPS) is 10.9. The van der Waals surface area contributed by atoms with Crippen LogP contribution in [0.3, 0.4) is 0 Å². The molecule has 0 atom stereocenters. The van der Waals surface area contributed by atoms with E-state index in [9.17, 15) is 0 Å². The van der Waals surface area contributed by atoms with Gasteiger partial charge in [0.15, 0.2) is 5.16 Å². The van der Waals surface area contributed by atoms with E-state index >= 15 is 0 Å². The molecule has 0 aliphatic rings. The molecule has 0 saturated heterocycles. The first kappa shape index (κ1) is 12.7. The lowest BCUT2D eigenvalue weighted by atomic mass is 10.3. The van der Waals surface area contributed by atoms with Gasteiger partial charge in [0.1, 0.15) is 0 Å². The quantitative estimate of drug-likeness (QED) is 0.617. The molecule has 2 rings (SSSR count). The first-order valence-corrected chi connectivity index (χ1v) is 7.56. The minimum atomic E-state index is 1.03. The molecular weight excluding hydrogens is 250 g/mol. The van der Waals surface area contributed by atoms with Gasteiger partial charge in [-0.25, -0.2) is 4.98 Å². The van der Waals surface area contributed by atoms with E-state index in [1.807, 2.05) is 30.8 Å². The molecule has 3 nitrogen and oxygen atoms in total. The molecule has 2 heterocycles. The van der Waals surface area contributed by atoms with E-state index in [1.165, 1.54) is 4.88 Å². The van der Waals surface area contributed by atoms with Crippen molar-refractivity contribution in [2.24, 2.45) is 7.05 Å². The Morgan fingerprint density at radius 1 is 1.47 bits per heavy atom. The van der Waals surface area contributed by atoms with Gasteiger partial charge >= 0.3 is 0 Å². The highest BCUT2D eigenvalue weighted by Crippen LogP contribution is 2.13. The Bertz CT molecular complexity index is 423. The van der Waals surface area contributed by atoms with Crippen LogP contribution in [0.4, 0.5) is 0 Å². The summed E-state index contributed by atoms with van der Waals surface area (Å²) in [6.45, 7) is 2.09. The van der Waals surface area contributed by atoms with Crippen molar-refractivity contribution in [2.75, 3.05) is 18.8 Å². The Morgan fingerprint density at radius 2 is 2.41 bits per heavy atom. The summed E-state index contributed by atoms with van der Waals surface area (Å²) in [5, 5.41) is 6.67. The number of rotatable bonds is 7. The second-order valence-corrected chi connectivity index (χ2v) is 5.84. The molecule has 0 saturated carbocycles. The average Bonchev–Trinajstić information content (AvgIpc) is 2.95. The maximum absolute atomic E-state index is 4.27. The number of imidazole rings is 1. The molecular formula is C12H17N3S2. The zero-order valence-electron chi connectivity index (χ0n) is 9.93. The fourth-order valence-corrected chi connectivity index (χ4v) is 3.03. The molecule has 2 aromatic heterocycles. The molecule has 0 spiro atoms. The lowest BCUT2D eigenvalue weighted by molar-refractivity contribution is 0.723. The highest BCUT2D eigenvalue weighted by molar-refractivity contribution is 7.99. The first-order chi connectivity index (χ1) is 8.36. The smallest absolute Gasteiger partial charge is 0.167 e. The largest absolute Gasteiger partial charge is 0.329 e. The standard InChI is InChI=1S/C12H17N3S2/c1-15-8-6-14-12(15)17-10-7-13-5-4-11-3-2-9-16-11/h2-3,6,8-9,13H,4-5,7,10H2,1H3. The van der Waals surface area contributed by atoms with Gasteiger partial charge in [0, 0.05) is 36.6 Å². The molecule has 17 heavy (non-hydrogen) atoms. The molecule has 0 radical (unpaired) electrons. The molecule has 0 aliphatic heterocycles. The number of hydrogen-bond acceptors (Lipinski definition) is 4. The van der Waals surface area contributed by atoms with Crippen LogP contribution in [0.2, 0.25) is 0 Å². The van der Waals surface area contributed by atoms with Gasteiger partial charge in [-0.1, -0.05) is 17.8 Å². The maximum atomic E-state index is 4.27. The second-order valence-electron chi connectivity index (χ2n) is 3.75. The maximum Gasteiger partial charge on any atom is 0.167 e. The van der Waals surface area contributed by atoms with Crippen molar-refractivity contribution in [1.82, 2.24) is 14.9 Å². The van der Waals surface area contributed by atoms with Crippen LogP contribution in [0.5, 0.6) is 0 Å². The summed E-state index contributed by atoms with van der Waals surface area (Å²) in [5.41, 5.74) is 0. The topological polar surface area (TPSA) is 29.9 Å². The van der Waals surface area contributed by atoms with Crippen molar-refractivity contribution in [3.8, 4) is 0 Å². The van der Waals surface area contributed by atoms with Crippen LogP contribution in [0, 0.1) is 0 Å². The van der Waals surface area contributed by atoms with E-state index in [-0.39, 0.29) is 0 Å². The summed E-state index contributed by atoms with van der Waals surface area (Å²) >= 11 is 3.62. The lowest BCUT2D eigenvalue weighted by Crippen LogP contribution is -2.19. The van der Waals surface area contributed by atoms with Gasteiger partial charge in [-0.3, -0.25) is 0 Å². The summed E-state index contributed by atoms with van der Waals surface area (Å²) in [4.78, 5) is 5.73. The van der Waals surface area contributed by atoms with E-state index < -0.39 is 0 Å². The summed E-state index contributed by atoms with van der Waals surface area (Å²) < 4.78 is 2.05. The van der Waals surface area contributed by atoms with Crippen LogP contribution in [-0.4, -0.2) is 28.4 Å². The summed E-state index contributed by atoms with van der Waals surface area (Å²) in [5.74, 6) is 1.06. The number of hydrogen-bond donors (Lipinski definition) is 1. The van der Waals surface area contributed by atoms with Crippen LogP contribution in [-0.2, 0) is 13.5 Å². The van der Waals surface area contributed by atoms with Crippen LogP contribution in [0.1, 0.15) is 4.88 Å². The van der Waals surface area contributed by atoms with E-state index in [1.54, 1.807) is 11.8 Å². The van der Waals surface area contributed by atoms with Crippen LogP contribution in [0.15, 0.2) is 35.1 Å². The van der Waals surface area contributed by atoms with E-state index in [0.717, 1.165) is 30.4 Å². The van der Waals surface area contributed by atoms with Crippen LogP contribution >= 0.6 is 23.1 Å². The van der Waals surface area contributed by atoms with Crippen molar-refractivity contribution < 1.29 is 0 Å². The molecule has 1 N–H and O–H groups in total. The third-order valence-corrected chi connectivity index (χ3v) is 4.41. The summed E-state index contributed by atoms with van der Waals surface area (Å²) in [6, 6.07) is 4.30. The number of nitrogens with one attached hydrogen (secondary N) is 1. The lowest BCUT2D eigenvalue weighted by Gasteiger charge is -2.03. The molecule has 0 aliphatic carbocycles. The Kier molecular flexibility index (Phi) is 5.09. The van der Waals surface area contributed by atoms with Gasteiger partial charge in [-0.05, 0) is 24.4 Å². The van der Waals surface area contributed by atoms with Gasteiger partial charge in [0.2, 0.25) is 0 Å². The van der Waals surface area contributed by atoms with Gasteiger partial charge in [0.25, 0.3) is 0 Å². The fraction of sp³-hybridized carbons (Fsp3) is 0.417. The van der Waals surface area contributed by atoms with Crippen molar-refractivity contribution in [3.05, 3.63) is 34.8 Å². The molecule has 0 fully saturated rings. The predicted octanol–water partition coefficient (Wildman–Crippen LogP) is 2.41. The average molecular weight is 267 g/mol. The highest BCUT2D eigenvalue weighted by Gasteiger charge is 1.99. The Morgan fingerprint density at radius 3 is 3.12 bits per heavy atom. The minimum Gasteiger partial charge on any atom is -0.329 e. The summed E-state index contributed by atoms with van der Waals surface area (Å²) in [6.07, 6.45) is 4.95. The third-order valence-electron chi connectivity index (χ3n) is 2.42. The second kappa shape index (κ2) is 6.83. The van der Waals surface area contributed by atoms with Crippen LogP contribution < -0.4 is 5.32 Å². The zero-order valence-corrected chi connectivity index (χ0v) is 11.6. The van der Waals surface area contributed by atoms with Crippen molar-refractivity contribution in [3.63, 3.8) is 0 Å². The zero-order chi connectivity index (χ0) is 11.9. The number of aromatic nitrogens is 2. The molecule has 0 aromatic carbocycles. The third kappa shape index (κ3) is 4.18. The minimum absolute atomic E-state index is 1.03. The number of nitrogens with zero attached hydrogens (tertiary/aromatic N) is 2. The molecule has 92 valence electrons. The molecule has 2 aromatic rings. The molecule has 0 amide bonds. The Balaban J connectivity index is 1.54. The molecule has 0 bridgehead atoms. The van der Waals surface area contributed by atoms with E-state index in [4.69, 9.17) is 0 Å². The molecule has 5 heteroatoms. The van der Waals surface area contributed by atoms with Gasteiger partial charge in [-0.2, -0.15) is 0 Å². The first-order valence-electron chi connectivity index (χ1n) is 5.69. The summed E-state index contributed by atoms with van der Waals surface area (Å²) in [7, 11) is 2.03. The predicted molar refractivity (Wildman–Crippen MR) is 74.8 cm³/mol. The number of thioether (sulfide) groups is 1. The Hall–Kier alpha value is -0.780. The van der Waals surface area contributed by atoms with Gasteiger partial charge in [-0.15, -0.1) is 11.3 Å². The number of aryl methyl sites for hydroxylation is 1. The van der Waals surface area contributed by atoms with Crippen LogP contribution in [0.25, 0.3) is 0 Å². The van der Waals surface area contributed by atoms with E-state index in [2.05, 4.69) is 32.4 Å². The van der Waals surface area contributed by atoms with Crippen molar-refractivity contribution >= 4 is 23.1 Å². The van der Waals surface area contributed by atoms with Crippen molar-refractivity contribution in [1.29, 1.82) is 0 Å². The Labute approximate surface area is 110 Å². The molecule has 0 unspecified atom stereocenters. The number of thiophene rings is 1. The van der Waals surface area contributed by atoms with E-state index in [0.29, 0.717) is 0 Å². The van der Waals surface area contributed by atoms with Crippen molar-refractivity contribution in [2.45, 2.75) is 11.6 Å². The fourth-order valence-electron chi connectivity index (χ4n) is 1.50. The SMILES string of the molecule is Cn1ccnc1SCCNCCc1cccs1.